The van der Waals surface area contributed by atoms with E-state index in [1.54, 1.807) is 35.2 Å². The fraction of sp³-hybridized carbons (Fsp3) is 0.172. The van der Waals surface area contributed by atoms with Crippen molar-refractivity contribution in [2.24, 2.45) is 9.39 Å². The highest BCUT2D eigenvalue weighted by atomic mass is 35.5. The smallest absolute Gasteiger partial charge is 0.283 e. The van der Waals surface area contributed by atoms with E-state index >= 15 is 0 Å². The SMILES string of the molecule is COc1cc(/C=C2/C(=N)N3C(SCc4ccccc4)=NSC3=NC2=O)cc(OC)c1OCCOc1ccccc1Cl. The summed E-state index contributed by atoms with van der Waals surface area (Å²) in [4.78, 5) is 18.7. The van der Waals surface area contributed by atoms with Crippen LogP contribution < -0.4 is 18.9 Å². The van der Waals surface area contributed by atoms with Gasteiger partial charge in [0.15, 0.2) is 16.7 Å². The minimum atomic E-state index is -0.520. The van der Waals surface area contributed by atoms with Gasteiger partial charge in [0, 0.05) is 5.75 Å². The second kappa shape index (κ2) is 13.2. The number of nitrogens with one attached hydrogen (secondary N) is 1. The molecule has 1 amide bonds. The van der Waals surface area contributed by atoms with Crippen LogP contribution in [0.3, 0.4) is 0 Å². The quantitative estimate of drug-likeness (QED) is 0.162. The van der Waals surface area contributed by atoms with Crippen LogP contribution in [0.2, 0.25) is 5.02 Å². The number of fused-ring (bicyclic) bond motifs is 1. The second-order valence-electron chi connectivity index (χ2n) is 8.56. The molecule has 0 spiro atoms. The fourth-order valence-corrected chi connectivity index (χ4v) is 5.96. The molecule has 2 aliphatic rings. The third kappa shape index (κ3) is 6.53. The molecule has 0 aliphatic carbocycles. The largest absolute Gasteiger partial charge is 0.493 e. The highest BCUT2D eigenvalue weighted by Crippen LogP contribution is 2.40. The molecule has 210 valence electrons. The van der Waals surface area contributed by atoms with Crippen molar-refractivity contribution in [1.82, 2.24) is 4.90 Å². The number of para-hydroxylation sites is 1. The molecule has 1 N–H and O–H groups in total. The summed E-state index contributed by atoms with van der Waals surface area (Å²) in [6.45, 7) is 0.447. The molecule has 0 unspecified atom stereocenters. The van der Waals surface area contributed by atoms with Gasteiger partial charge < -0.3 is 18.9 Å². The summed E-state index contributed by atoms with van der Waals surface area (Å²) in [6.07, 6.45) is 1.59. The van der Waals surface area contributed by atoms with Crippen molar-refractivity contribution in [3.8, 4) is 23.0 Å². The topological polar surface area (TPSA) is 106 Å². The van der Waals surface area contributed by atoms with Gasteiger partial charge in [-0.15, -0.1) is 0 Å². The van der Waals surface area contributed by atoms with E-state index in [0.29, 0.717) is 49.7 Å². The lowest BCUT2D eigenvalue weighted by molar-refractivity contribution is -0.114. The summed E-state index contributed by atoms with van der Waals surface area (Å²) in [5.74, 6) is 1.88. The Morgan fingerprint density at radius 1 is 0.976 bits per heavy atom. The Kier molecular flexibility index (Phi) is 9.17. The lowest BCUT2D eigenvalue weighted by atomic mass is 10.1. The molecule has 41 heavy (non-hydrogen) atoms. The van der Waals surface area contributed by atoms with Crippen LogP contribution in [-0.2, 0) is 10.5 Å². The number of hydrogen-bond acceptors (Lipinski definition) is 9. The molecular formula is C29H25ClN4O5S2. The van der Waals surface area contributed by atoms with Gasteiger partial charge in [0.05, 0.1) is 36.8 Å². The lowest BCUT2D eigenvalue weighted by Crippen LogP contribution is -2.41. The molecule has 0 atom stereocenters. The van der Waals surface area contributed by atoms with E-state index in [-0.39, 0.29) is 24.6 Å². The Morgan fingerprint density at radius 2 is 1.66 bits per heavy atom. The number of benzene rings is 3. The molecule has 0 saturated heterocycles. The third-order valence-electron chi connectivity index (χ3n) is 5.92. The minimum Gasteiger partial charge on any atom is -0.493 e. The Labute approximate surface area is 250 Å². The summed E-state index contributed by atoms with van der Waals surface area (Å²) >= 11 is 8.71. The van der Waals surface area contributed by atoms with Crippen molar-refractivity contribution < 1.29 is 23.7 Å². The summed E-state index contributed by atoms with van der Waals surface area (Å²) in [6, 6.07) is 20.6. The first-order valence-corrected chi connectivity index (χ1v) is 14.5. The summed E-state index contributed by atoms with van der Waals surface area (Å²) in [7, 11) is 3.02. The fourth-order valence-electron chi connectivity index (χ4n) is 3.97. The van der Waals surface area contributed by atoms with Gasteiger partial charge in [-0.1, -0.05) is 65.8 Å². The van der Waals surface area contributed by atoms with E-state index < -0.39 is 5.91 Å². The zero-order chi connectivity index (χ0) is 28.8. The van der Waals surface area contributed by atoms with Crippen molar-refractivity contribution in [2.75, 3.05) is 27.4 Å². The molecule has 0 aromatic heterocycles. The predicted octanol–water partition coefficient (Wildman–Crippen LogP) is 6.33. The van der Waals surface area contributed by atoms with Crippen LogP contribution in [0.15, 0.2) is 81.7 Å². The average molecular weight is 609 g/mol. The first-order valence-electron chi connectivity index (χ1n) is 12.4. The molecule has 0 radical (unpaired) electrons. The van der Waals surface area contributed by atoms with E-state index in [0.717, 1.165) is 17.5 Å². The maximum Gasteiger partial charge on any atom is 0.283 e. The monoisotopic (exact) mass is 608 g/mol. The van der Waals surface area contributed by atoms with Gasteiger partial charge in [-0.25, -0.2) is 4.90 Å². The number of nitrogens with zero attached hydrogens (tertiary/aromatic N) is 3. The van der Waals surface area contributed by atoms with Gasteiger partial charge in [0.25, 0.3) is 5.91 Å². The molecule has 0 saturated carbocycles. The van der Waals surface area contributed by atoms with Gasteiger partial charge in [0.2, 0.25) is 10.9 Å². The standard InChI is InChI=1S/C29H25ClN4O5S2/c1-36-23-15-19(16-24(37-2)25(23)39-13-12-38-22-11-7-6-10-21(22)30)14-20-26(31)34-28(32-27(20)35)41-33-29(34)40-17-18-8-4-3-5-9-18/h3-11,14-16,31H,12-13,17H2,1-2H3/b20-14-,31-26?. The number of hydrogen-bond donors (Lipinski definition) is 1. The van der Waals surface area contributed by atoms with E-state index in [1.807, 2.05) is 42.5 Å². The number of carbonyl (C=O) groups excluding carboxylic acids is 1. The Balaban J connectivity index is 1.32. The van der Waals surface area contributed by atoms with Crippen LogP contribution >= 0.6 is 35.3 Å². The Hall–Kier alpha value is -3.93. The van der Waals surface area contributed by atoms with Gasteiger partial charge in [-0.05, 0) is 41.5 Å². The number of halogens is 1. The number of ether oxygens (including phenoxy) is 4. The number of amides is 1. The normalized spacial score (nSPS) is 15.4. The summed E-state index contributed by atoms with van der Waals surface area (Å²) in [5.41, 5.74) is 1.82. The molecule has 2 heterocycles. The van der Waals surface area contributed by atoms with Crippen LogP contribution in [0.25, 0.3) is 6.08 Å². The molecule has 2 aliphatic heterocycles. The number of carbonyl (C=O) groups is 1. The van der Waals surface area contributed by atoms with Gasteiger partial charge in [0.1, 0.15) is 24.8 Å². The minimum absolute atomic E-state index is 0.000654. The van der Waals surface area contributed by atoms with Crippen LogP contribution in [0.4, 0.5) is 0 Å². The third-order valence-corrected chi connectivity index (χ3v) is 8.06. The van der Waals surface area contributed by atoms with Crippen LogP contribution in [0.1, 0.15) is 11.1 Å². The average Bonchev–Trinajstić information content (AvgIpc) is 3.40. The summed E-state index contributed by atoms with van der Waals surface area (Å²) in [5, 5.41) is 10.3. The maximum atomic E-state index is 12.9. The van der Waals surface area contributed by atoms with Crippen LogP contribution in [0, 0.1) is 5.41 Å². The molecular weight excluding hydrogens is 584 g/mol. The number of methoxy groups -OCH3 is 2. The number of amidine groups is 3. The molecule has 0 fully saturated rings. The van der Waals surface area contributed by atoms with Gasteiger partial charge in [-0.3, -0.25) is 10.2 Å². The molecule has 3 aromatic carbocycles. The van der Waals surface area contributed by atoms with Crippen molar-refractivity contribution >= 4 is 63.5 Å². The molecule has 9 nitrogen and oxygen atoms in total. The van der Waals surface area contributed by atoms with Crippen LogP contribution in [0.5, 0.6) is 23.0 Å². The first kappa shape index (κ1) is 28.6. The Bertz CT molecular complexity index is 1540. The van der Waals surface area contributed by atoms with Gasteiger partial charge >= 0.3 is 0 Å². The molecule has 12 heteroatoms. The lowest BCUT2D eigenvalue weighted by Gasteiger charge is -2.24. The molecule has 5 rings (SSSR count). The molecule has 3 aromatic rings. The number of thioether (sulfide) groups is 1. The van der Waals surface area contributed by atoms with E-state index in [1.165, 1.54) is 26.0 Å². The van der Waals surface area contributed by atoms with E-state index in [9.17, 15) is 4.79 Å². The zero-order valence-corrected chi connectivity index (χ0v) is 24.5. The van der Waals surface area contributed by atoms with Crippen molar-refractivity contribution in [1.29, 1.82) is 5.41 Å². The molecule has 0 bridgehead atoms. The summed E-state index contributed by atoms with van der Waals surface area (Å²) < 4.78 is 27.2. The maximum absolute atomic E-state index is 12.9. The van der Waals surface area contributed by atoms with Crippen molar-refractivity contribution in [2.45, 2.75) is 5.75 Å². The van der Waals surface area contributed by atoms with Gasteiger partial charge in [-0.2, -0.15) is 9.39 Å². The Morgan fingerprint density at radius 3 is 2.37 bits per heavy atom. The number of rotatable bonds is 10. The highest BCUT2D eigenvalue weighted by Gasteiger charge is 2.37. The van der Waals surface area contributed by atoms with Crippen LogP contribution in [-0.4, -0.2) is 54.4 Å². The van der Waals surface area contributed by atoms with Crippen molar-refractivity contribution in [3.05, 3.63) is 88.5 Å². The predicted molar refractivity (Wildman–Crippen MR) is 165 cm³/mol. The van der Waals surface area contributed by atoms with E-state index in [4.69, 9.17) is 36.0 Å². The zero-order valence-electron chi connectivity index (χ0n) is 22.1. The number of aliphatic imine (C=N–C) groups is 1. The first-order chi connectivity index (χ1) is 20.0. The van der Waals surface area contributed by atoms with Crippen molar-refractivity contribution in [3.63, 3.8) is 0 Å². The highest BCUT2D eigenvalue weighted by molar-refractivity contribution is 8.18. The second-order valence-corrected chi connectivity index (χ2v) is 10.6. The van der Waals surface area contributed by atoms with E-state index in [2.05, 4.69) is 9.39 Å².